The zero-order valence-corrected chi connectivity index (χ0v) is 11.2. The van der Waals surface area contributed by atoms with Gasteiger partial charge in [-0.1, -0.05) is 0 Å². The Kier molecular flexibility index (Phi) is 3.66. The fourth-order valence-corrected chi connectivity index (χ4v) is 1.60. The lowest BCUT2D eigenvalue weighted by molar-refractivity contribution is -0.122. The molecule has 2 rings (SSSR count). The second-order valence-corrected chi connectivity index (χ2v) is 5.10. The monoisotopic (exact) mass is 269 g/mol. The molecule has 0 aromatic heterocycles. The van der Waals surface area contributed by atoms with Crippen molar-refractivity contribution in [1.82, 2.24) is 0 Å². The Bertz CT molecular complexity index is 460. The van der Waals surface area contributed by atoms with Gasteiger partial charge >= 0.3 is 0 Å². The van der Waals surface area contributed by atoms with Crippen LogP contribution in [0.15, 0.2) is 18.2 Å². The normalized spacial score (nSPS) is 14.2. The highest BCUT2D eigenvalue weighted by Crippen LogP contribution is 2.33. The summed E-state index contributed by atoms with van der Waals surface area (Å²) in [7, 11) is 0. The number of fused-ring (bicyclic) bond motifs is 1. The Balaban J connectivity index is 2.13. The summed E-state index contributed by atoms with van der Waals surface area (Å²) >= 11 is 5.76. The van der Waals surface area contributed by atoms with Gasteiger partial charge in [0.25, 0.3) is 0 Å². The van der Waals surface area contributed by atoms with Crippen LogP contribution in [0.2, 0.25) is 0 Å². The Morgan fingerprint density at radius 3 is 2.67 bits per heavy atom. The SMILES string of the molecule is CC(C)(CCl)C(=O)Nc1ccc2c(c1)OCCO2. The fraction of sp³-hybridized carbons (Fsp3) is 0.462. The summed E-state index contributed by atoms with van der Waals surface area (Å²) in [6, 6.07) is 5.34. The van der Waals surface area contributed by atoms with Crippen molar-refractivity contribution in [3.63, 3.8) is 0 Å². The molecule has 1 aromatic carbocycles. The lowest BCUT2D eigenvalue weighted by Gasteiger charge is -2.22. The molecule has 1 amide bonds. The molecule has 5 heteroatoms. The van der Waals surface area contributed by atoms with Crippen molar-refractivity contribution in [2.45, 2.75) is 13.8 Å². The van der Waals surface area contributed by atoms with E-state index in [-0.39, 0.29) is 11.8 Å². The molecule has 0 aliphatic carbocycles. The number of anilines is 1. The van der Waals surface area contributed by atoms with Gasteiger partial charge in [-0.25, -0.2) is 0 Å². The van der Waals surface area contributed by atoms with E-state index in [1.165, 1.54) is 0 Å². The van der Waals surface area contributed by atoms with Gasteiger partial charge in [0.1, 0.15) is 13.2 Å². The second-order valence-electron chi connectivity index (χ2n) is 4.83. The van der Waals surface area contributed by atoms with Crippen LogP contribution in [0, 0.1) is 5.41 Å². The van der Waals surface area contributed by atoms with E-state index in [2.05, 4.69) is 5.32 Å². The van der Waals surface area contributed by atoms with Gasteiger partial charge in [0, 0.05) is 17.6 Å². The van der Waals surface area contributed by atoms with E-state index in [1.807, 2.05) is 0 Å². The predicted molar refractivity (Wildman–Crippen MR) is 70.6 cm³/mol. The van der Waals surface area contributed by atoms with Crippen molar-refractivity contribution in [3.8, 4) is 11.5 Å². The summed E-state index contributed by atoms with van der Waals surface area (Å²) in [6.45, 7) is 4.68. The molecule has 0 atom stereocenters. The van der Waals surface area contributed by atoms with Gasteiger partial charge in [0.05, 0.1) is 5.41 Å². The molecule has 0 saturated heterocycles. The quantitative estimate of drug-likeness (QED) is 0.858. The Morgan fingerprint density at radius 1 is 1.33 bits per heavy atom. The molecular formula is C13H16ClNO3. The standard InChI is InChI=1S/C13H16ClNO3/c1-13(2,8-14)12(16)15-9-3-4-10-11(7-9)18-6-5-17-10/h3-4,7H,5-6,8H2,1-2H3,(H,15,16). The number of amides is 1. The first-order valence-electron chi connectivity index (χ1n) is 5.80. The first-order chi connectivity index (χ1) is 8.53. The molecule has 1 heterocycles. The van der Waals surface area contributed by atoms with Gasteiger partial charge in [-0.2, -0.15) is 0 Å². The Labute approximate surface area is 111 Å². The molecule has 1 N–H and O–H groups in total. The molecule has 0 unspecified atom stereocenters. The maximum absolute atomic E-state index is 12.0. The molecular weight excluding hydrogens is 254 g/mol. The molecule has 1 aromatic rings. The third-order valence-corrected chi connectivity index (χ3v) is 3.42. The van der Waals surface area contributed by atoms with Gasteiger partial charge < -0.3 is 14.8 Å². The third-order valence-electron chi connectivity index (χ3n) is 2.75. The van der Waals surface area contributed by atoms with Gasteiger partial charge in [0.15, 0.2) is 11.5 Å². The van der Waals surface area contributed by atoms with Crippen LogP contribution in [-0.2, 0) is 4.79 Å². The summed E-state index contributed by atoms with van der Waals surface area (Å²) in [5, 5.41) is 2.82. The highest BCUT2D eigenvalue weighted by Gasteiger charge is 2.26. The van der Waals surface area contributed by atoms with E-state index in [0.29, 0.717) is 30.4 Å². The van der Waals surface area contributed by atoms with Crippen LogP contribution in [0.1, 0.15) is 13.8 Å². The molecule has 18 heavy (non-hydrogen) atoms. The summed E-state index contributed by atoms with van der Waals surface area (Å²) in [5.74, 6) is 1.51. The zero-order valence-electron chi connectivity index (χ0n) is 10.5. The number of hydrogen-bond acceptors (Lipinski definition) is 3. The maximum Gasteiger partial charge on any atom is 0.231 e. The molecule has 0 bridgehead atoms. The van der Waals surface area contributed by atoms with Crippen LogP contribution in [0.3, 0.4) is 0 Å². The topological polar surface area (TPSA) is 47.6 Å². The molecule has 0 spiro atoms. The summed E-state index contributed by atoms with van der Waals surface area (Å²) in [5.41, 5.74) is 0.0805. The van der Waals surface area contributed by atoms with Crippen molar-refractivity contribution in [2.75, 3.05) is 24.4 Å². The first-order valence-corrected chi connectivity index (χ1v) is 6.33. The van der Waals surface area contributed by atoms with Crippen LogP contribution in [-0.4, -0.2) is 25.0 Å². The number of carbonyl (C=O) groups excluding carboxylic acids is 1. The number of benzene rings is 1. The van der Waals surface area contributed by atoms with E-state index in [9.17, 15) is 4.79 Å². The lowest BCUT2D eigenvalue weighted by Crippen LogP contribution is -2.32. The van der Waals surface area contributed by atoms with Crippen LogP contribution in [0.4, 0.5) is 5.69 Å². The third kappa shape index (κ3) is 2.70. The van der Waals surface area contributed by atoms with Gasteiger partial charge in [0.2, 0.25) is 5.91 Å². The average molecular weight is 270 g/mol. The molecule has 4 nitrogen and oxygen atoms in total. The predicted octanol–water partition coefficient (Wildman–Crippen LogP) is 2.66. The fourth-order valence-electron chi connectivity index (χ4n) is 1.48. The Morgan fingerprint density at radius 2 is 2.00 bits per heavy atom. The number of halogens is 1. The first kappa shape index (κ1) is 13.0. The van der Waals surface area contributed by atoms with Gasteiger partial charge in [-0.15, -0.1) is 11.6 Å². The van der Waals surface area contributed by atoms with Gasteiger partial charge in [-0.3, -0.25) is 4.79 Å². The van der Waals surface area contributed by atoms with E-state index in [4.69, 9.17) is 21.1 Å². The summed E-state index contributed by atoms with van der Waals surface area (Å²) in [4.78, 5) is 12.0. The molecule has 98 valence electrons. The number of hydrogen-bond donors (Lipinski definition) is 1. The largest absolute Gasteiger partial charge is 0.486 e. The molecule has 0 radical (unpaired) electrons. The zero-order chi connectivity index (χ0) is 13.2. The second kappa shape index (κ2) is 5.06. The highest BCUT2D eigenvalue weighted by molar-refractivity contribution is 6.20. The van der Waals surface area contributed by atoms with Crippen molar-refractivity contribution in [3.05, 3.63) is 18.2 Å². The van der Waals surface area contributed by atoms with Crippen LogP contribution < -0.4 is 14.8 Å². The van der Waals surface area contributed by atoms with E-state index >= 15 is 0 Å². The number of ether oxygens (including phenoxy) is 2. The van der Waals surface area contributed by atoms with Crippen LogP contribution in [0.5, 0.6) is 11.5 Å². The van der Waals surface area contributed by atoms with Gasteiger partial charge in [-0.05, 0) is 26.0 Å². The van der Waals surface area contributed by atoms with E-state index in [1.54, 1.807) is 32.0 Å². The minimum Gasteiger partial charge on any atom is -0.486 e. The van der Waals surface area contributed by atoms with Crippen molar-refractivity contribution in [1.29, 1.82) is 0 Å². The number of carbonyl (C=O) groups is 1. The summed E-state index contributed by atoms with van der Waals surface area (Å²) < 4.78 is 10.9. The number of alkyl halides is 1. The van der Waals surface area contributed by atoms with E-state index < -0.39 is 5.41 Å². The maximum atomic E-state index is 12.0. The smallest absolute Gasteiger partial charge is 0.231 e. The highest BCUT2D eigenvalue weighted by atomic mass is 35.5. The average Bonchev–Trinajstić information content (AvgIpc) is 2.38. The van der Waals surface area contributed by atoms with Crippen molar-refractivity contribution < 1.29 is 14.3 Å². The van der Waals surface area contributed by atoms with Crippen molar-refractivity contribution >= 4 is 23.2 Å². The Hall–Kier alpha value is -1.42. The van der Waals surface area contributed by atoms with Crippen LogP contribution >= 0.6 is 11.6 Å². The minimum atomic E-state index is -0.602. The summed E-state index contributed by atoms with van der Waals surface area (Å²) in [6.07, 6.45) is 0. The molecule has 0 saturated carbocycles. The van der Waals surface area contributed by atoms with E-state index in [0.717, 1.165) is 0 Å². The number of rotatable bonds is 3. The van der Waals surface area contributed by atoms with Crippen molar-refractivity contribution in [2.24, 2.45) is 5.41 Å². The molecule has 1 aliphatic heterocycles. The van der Waals surface area contributed by atoms with Crippen LogP contribution in [0.25, 0.3) is 0 Å². The molecule has 1 aliphatic rings. The minimum absolute atomic E-state index is 0.117. The number of nitrogens with one attached hydrogen (secondary N) is 1. The lowest BCUT2D eigenvalue weighted by atomic mass is 9.95. The molecule has 0 fully saturated rings.